The second-order valence-electron chi connectivity index (χ2n) is 8.02. The van der Waals surface area contributed by atoms with Crippen LogP contribution in [0.4, 0.5) is 5.69 Å². The Morgan fingerprint density at radius 1 is 0.970 bits per heavy atom. The summed E-state index contributed by atoms with van der Waals surface area (Å²) in [7, 11) is 0. The van der Waals surface area contributed by atoms with Gasteiger partial charge in [-0.1, -0.05) is 36.4 Å². The summed E-state index contributed by atoms with van der Waals surface area (Å²) in [6, 6.07) is 22.5. The third-order valence-corrected chi connectivity index (χ3v) is 6.67. The number of hydrogen-bond acceptors (Lipinski definition) is 5. The molecule has 1 unspecified atom stereocenters. The molecule has 1 N–H and O–H groups in total. The second-order valence-corrected chi connectivity index (χ2v) is 8.97. The first kappa shape index (κ1) is 22.6. The minimum Gasteiger partial charge on any atom is -0.370 e. The van der Waals surface area contributed by atoms with E-state index < -0.39 is 6.04 Å². The van der Waals surface area contributed by atoms with Crippen molar-refractivity contribution in [3.05, 3.63) is 88.1 Å². The second kappa shape index (κ2) is 10.8. The average molecular weight is 459 g/mol. The molecule has 0 saturated carbocycles. The number of benzene rings is 2. The van der Waals surface area contributed by atoms with Crippen molar-refractivity contribution in [1.82, 2.24) is 10.2 Å². The van der Waals surface area contributed by atoms with E-state index in [1.807, 2.05) is 70.9 Å². The fourth-order valence-electron chi connectivity index (χ4n) is 4.05. The Bertz CT molecular complexity index is 1110. The predicted octanol–water partition coefficient (Wildman–Crippen LogP) is 3.70. The topological polar surface area (TPSA) is 76.4 Å². The standard InChI is InChI=1S/C26H26N4O2S/c27-19-21-9-11-22(12-10-21)29-13-5-14-30(16-15-29)26(32)23(18-20-6-2-1-3-7-20)28-25(31)24-8-4-17-33-24/h1-4,6-12,17,23H,5,13-16,18H2,(H,28,31). The summed E-state index contributed by atoms with van der Waals surface area (Å²) in [4.78, 5) is 31.0. The zero-order valence-corrected chi connectivity index (χ0v) is 19.1. The fourth-order valence-corrected chi connectivity index (χ4v) is 4.68. The van der Waals surface area contributed by atoms with Gasteiger partial charge in [0.1, 0.15) is 6.04 Å². The van der Waals surface area contributed by atoms with Gasteiger partial charge in [-0.25, -0.2) is 0 Å². The van der Waals surface area contributed by atoms with Crippen LogP contribution in [0.2, 0.25) is 0 Å². The van der Waals surface area contributed by atoms with Gasteiger partial charge in [-0.3, -0.25) is 9.59 Å². The molecule has 3 aromatic rings. The van der Waals surface area contributed by atoms with Gasteiger partial charge in [0.15, 0.2) is 0 Å². The minimum atomic E-state index is -0.622. The SMILES string of the molecule is N#Cc1ccc(N2CCCN(C(=O)C(Cc3ccccc3)NC(=O)c3cccs3)CC2)cc1. The Kier molecular flexibility index (Phi) is 7.38. The predicted molar refractivity (Wildman–Crippen MR) is 130 cm³/mol. The molecule has 7 heteroatoms. The number of amides is 2. The molecule has 1 fully saturated rings. The number of carbonyl (C=O) groups excluding carboxylic acids is 2. The van der Waals surface area contributed by atoms with Gasteiger partial charge in [0.25, 0.3) is 5.91 Å². The van der Waals surface area contributed by atoms with E-state index in [0.717, 1.165) is 24.2 Å². The van der Waals surface area contributed by atoms with E-state index in [9.17, 15) is 9.59 Å². The zero-order chi connectivity index (χ0) is 23.0. The molecule has 6 nitrogen and oxygen atoms in total. The van der Waals surface area contributed by atoms with E-state index in [2.05, 4.69) is 16.3 Å². The maximum absolute atomic E-state index is 13.5. The van der Waals surface area contributed by atoms with Gasteiger partial charge in [-0.2, -0.15) is 5.26 Å². The molecular formula is C26H26N4O2S. The van der Waals surface area contributed by atoms with Gasteiger partial charge < -0.3 is 15.1 Å². The number of nitrogens with one attached hydrogen (secondary N) is 1. The highest BCUT2D eigenvalue weighted by atomic mass is 32.1. The Morgan fingerprint density at radius 3 is 2.45 bits per heavy atom. The molecular weight excluding hydrogens is 432 g/mol. The van der Waals surface area contributed by atoms with Crippen molar-refractivity contribution in [2.45, 2.75) is 18.9 Å². The van der Waals surface area contributed by atoms with Gasteiger partial charge in [0, 0.05) is 38.3 Å². The largest absolute Gasteiger partial charge is 0.370 e. The summed E-state index contributed by atoms with van der Waals surface area (Å²) in [6.45, 7) is 2.76. The van der Waals surface area contributed by atoms with Gasteiger partial charge in [0.2, 0.25) is 5.91 Å². The van der Waals surface area contributed by atoms with Crippen LogP contribution in [0.15, 0.2) is 72.1 Å². The van der Waals surface area contributed by atoms with E-state index in [1.54, 1.807) is 6.07 Å². The summed E-state index contributed by atoms with van der Waals surface area (Å²) in [5, 5.41) is 13.9. The highest BCUT2D eigenvalue weighted by Crippen LogP contribution is 2.18. The van der Waals surface area contributed by atoms with E-state index >= 15 is 0 Å². The maximum atomic E-state index is 13.5. The van der Waals surface area contributed by atoms with Crippen LogP contribution < -0.4 is 10.2 Å². The number of rotatable bonds is 6. The minimum absolute atomic E-state index is 0.0505. The fraction of sp³-hybridized carbons (Fsp3) is 0.269. The van der Waals surface area contributed by atoms with Crippen LogP contribution in [0.1, 0.15) is 27.2 Å². The molecule has 0 bridgehead atoms. The lowest BCUT2D eigenvalue weighted by Crippen LogP contribution is -2.50. The summed E-state index contributed by atoms with van der Waals surface area (Å²) in [6.07, 6.45) is 1.29. The number of hydrogen-bond donors (Lipinski definition) is 1. The number of anilines is 1. The molecule has 1 aromatic heterocycles. The highest BCUT2D eigenvalue weighted by Gasteiger charge is 2.28. The first-order valence-corrected chi connectivity index (χ1v) is 11.9. The highest BCUT2D eigenvalue weighted by molar-refractivity contribution is 7.12. The van der Waals surface area contributed by atoms with E-state index in [-0.39, 0.29) is 11.8 Å². The van der Waals surface area contributed by atoms with E-state index in [0.29, 0.717) is 36.5 Å². The van der Waals surface area contributed by atoms with Gasteiger partial charge in [-0.15, -0.1) is 11.3 Å². The molecule has 0 aliphatic carbocycles. The van der Waals surface area contributed by atoms with Crippen molar-refractivity contribution in [3.8, 4) is 6.07 Å². The lowest BCUT2D eigenvalue weighted by molar-refractivity contribution is -0.133. The third kappa shape index (κ3) is 5.79. The molecule has 0 spiro atoms. The Labute approximate surface area is 198 Å². The Morgan fingerprint density at radius 2 is 1.76 bits per heavy atom. The number of nitriles is 1. The number of nitrogens with zero attached hydrogens (tertiary/aromatic N) is 3. The summed E-state index contributed by atoms with van der Waals surface area (Å²) in [5.41, 5.74) is 2.70. The van der Waals surface area contributed by atoms with Crippen LogP contribution in [0.5, 0.6) is 0 Å². The molecule has 1 atom stereocenters. The van der Waals surface area contributed by atoms with Crippen LogP contribution in [-0.2, 0) is 11.2 Å². The molecule has 4 rings (SSSR count). The van der Waals surface area contributed by atoms with Crippen molar-refractivity contribution in [2.75, 3.05) is 31.1 Å². The molecule has 168 valence electrons. The summed E-state index contributed by atoms with van der Waals surface area (Å²) < 4.78 is 0. The van der Waals surface area contributed by atoms with E-state index in [1.165, 1.54) is 11.3 Å². The lowest BCUT2D eigenvalue weighted by atomic mass is 10.0. The summed E-state index contributed by atoms with van der Waals surface area (Å²) in [5.74, 6) is -0.265. The number of thiophene rings is 1. The Balaban J connectivity index is 1.46. The van der Waals surface area contributed by atoms with Crippen molar-refractivity contribution in [3.63, 3.8) is 0 Å². The normalized spacial score (nSPS) is 14.8. The van der Waals surface area contributed by atoms with Crippen LogP contribution in [-0.4, -0.2) is 48.9 Å². The van der Waals surface area contributed by atoms with Crippen LogP contribution in [0, 0.1) is 11.3 Å². The van der Waals surface area contributed by atoms with Crippen LogP contribution in [0.3, 0.4) is 0 Å². The first-order valence-electron chi connectivity index (χ1n) is 11.1. The maximum Gasteiger partial charge on any atom is 0.262 e. The smallest absolute Gasteiger partial charge is 0.262 e. The average Bonchev–Trinajstić information content (AvgIpc) is 3.29. The van der Waals surface area contributed by atoms with Gasteiger partial charge in [0.05, 0.1) is 16.5 Å². The Hall–Kier alpha value is -3.63. The van der Waals surface area contributed by atoms with E-state index in [4.69, 9.17) is 5.26 Å². The molecule has 1 aliphatic heterocycles. The van der Waals surface area contributed by atoms with Gasteiger partial charge in [-0.05, 0) is 47.7 Å². The van der Waals surface area contributed by atoms with Crippen molar-refractivity contribution < 1.29 is 9.59 Å². The molecule has 33 heavy (non-hydrogen) atoms. The van der Waals surface area contributed by atoms with Crippen molar-refractivity contribution in [2.24, 2.45) is 0 Å². The molecule has 1 aliphatic rings. The van der Waals surface area contributed by atoms with Crippen molar-refractivity contribution >= 4 is 28.8 Å². The first-order chi connectivity index (χ1) is 16.1. The van der Waals surface area contributed by atoms with Crippen molar-refractivity contribution in [1.29, 1.82) is 5.26 Å². The molecule has 0 radical (unpaired) electrons. The van der Waals surface area contributed by atoms with Crippen LogP contribution in [0.25, 0.3) is 0 Å². The molecule has 1 saturated heterocycles. The van der Waals surface area contributed by atoms with Gasteiger partial charge >= 0.3 is 0 Å². The lowest BCUT2D eigenvalue weighted by Gasteiger charge is -2.27. The monoisotopic (exact) mass is 458 g/mol. The van der Waals surface area contributed by atoms with Crippen LogP contribution >= 0.6 is 11.3 Å². The zero-order valence-electron chi connectivity index (χ0n) is 18.3. The number of carbonyl (C=O) groups is 2. The molecule has 2 amide bonds. The molecule has 2 heterocycles. The third-order valence-electron chi connectivity index (χ3n) is 5.80. The summed E-state index contributed by atoms with van der Waals surface area (Å²) >= 11 is 1.37. The molecule has 2 aromatic carbocycles. The quantitative estimate of drug-likeness (QED) is 0.611.